The van der Waals surface area contributed by atoms with E-state index < -0.39 is 22.2 Å². The lowest BCUT2D eigenvalue weighted by atomic mass is 9.93. The molecule has 1 aromatic rings. The van der Waals surface area contributed by atoms with Gasteiger partial charge in [-0.2, -0.15) is 0 Å². The van der Waals surface area contributed by atoms with Gasteiger partial charge in [0.2, 0.25) is 0 Å². The van der Waals surface area contributed by atoms with Crippen LogP contribution in [-0.4, -0.2) is 25.1 Å². The number of rotatable bonds is 5. The summed E-state index contributed by atoms with van der Waals surface area (Å²) in [6.07, 6.45) is 0. The Bertz CT molecular complexity index is 492. The van der Waals surface area contributed by atoms with Crippen molar-refractivity contribution in [2.45, 2.75) is 13.8 Å². The van der Waals surface area contributed by atoms with Gasteiger partial charge in [-0.15, -0.1) is 0 Å². The molecule has 106 valence electrons. The second-order valence-corrected chi connectivity index (χ2v) is 5.21. The summed E-state index contributed by atoms with van der Waals surface area (Å²) in [5.74, 6) is -2.33. The number of nitro groups is 1. The summed E-state index contributed by atoms with van der Waals surface area (Å²) < 4.78 is 27.0. The van der Waals surface area contributed by atoms with Crippen LogP contribution in [0.3, 0.4) is 0 Å². The molecule has 0 amide bonds. The van der Waals surface area contributed by atoms with Crippen molar-refractivity contribution in [3.8, 4) is 0 Å². The Hall–Kier alpha value is -1.76. The van der Waals surface area contributed by atoms with E-state index in [4.69, 9.17) is 5.73 Å². The number of anilines is 1. The number of nitro benzene ring substituents is 1. The molecule has 0 saturated carbocycles. The third-order valence-corrected chi connectivity index (χ3v) is 2.84. The monoisotopic (exact) mass is 273 g/mol. The van der Waals surface area contributed by atoms with Gasteiger partial charge in [-0.1, -0.05) is 13.8 Å². The van der Waals surface area contributed by atoms with Crippen LogP contribution in [0.1, 0.15) is 13.8 Å². The molecule has 0 aromatic heterocycles. The maximum atomic E-state index is 13.8. The van der Waals surface area contributed by atoms with Gasteiger partial charge in [0.05, 0.1) is 4.92 Å². The van der Waals surface area contributed by atoms with Gasteiger partial charge in [0.1, 0.15) is 0 Å². The molecule has 0 saturated heterocycles. The molecule has 0 fully saturated rings. The fourth-order valence-corrected chi connectivity index (χ4v) is 1.83. The first-order valence-corrected chi connectivity index (χ1v) is 5.73. The first-order valence-electron chi connectivity index (χ1n) is 5.73. The summed E-state index contributed by atoms with van der Waals surface area (Å²) >= 11 is 0. The topological polar surface area (TPSA) is 72.4 Å². The predicted octanol–water partition coefficient (Wildman–Crippen LogP) is 2.29. The molecule has 1 rings (SSSR count). The van der Waals surface area contributed by atoms with Gasteiger partial charge >= 0.3 is 0 Å². The van der Waals surface area contributed by atoms with Gasteiger partial charge < -0.3 is 10.6 Å². The number of nitrogens with two attached hydrogens (primary N) is 1. The van der Waals surface area contributed by atoms with Gasteiger partial charge in [0.25, 0.3) is 5.69 Å². The second kappa shape index (κ2) is 5.48. The number of hydrogen-bond acceptors (Lipinski definition) is 4. The molecule has 5 nitrogen and oxygen atoms in total. The van der Waals surface area contributed by atoms with Gasteiger partial charge in [0, 0.05) is 19.7 Å². The third kappa shape index (κ3) is 3.37. The van der Waals surface area contributed by atoms with Crippen LogP contribution >= 0.6 is 0 Å². The number of benzene rings is 1. The van der Waals surface area contributed by atoms with Crippen molar-refractivity contribution in [3.63, 3.8) is 0 Å². The average molecular weight is 273 g/mol. The van der Waals surface area contributed by atoms with Crippen LogP contribution in [0.4, 0.5) is 20.2 Å². The van der Waals surface area contributed by atoms with E-state index in [2.05, 4.69) is 0 Å². The smallest absolute Gasteiger partial charge is 0.295 e. The van der Waals surface area contributed by atoms with Crippen molar-refractivity contribution in [3.05, 3.63) is 33.9 Å². The quantitative estimate of drug-likeness (QED) is 0.660. The molecule has 0 atom stereocenters. The zero-order valence-corrected chi connectivity index (χ0v) is 11.1. The van der Waals surface area contributed by atoms with E-state index in [-0.39, 0.29) is 17.6 Å². The highest BCUT2D eigenvalue weighted by molar-refractivity contribution is 5.64. The van der Waals surface area contributed by atoms with Crippen LogP contribution in [-0.2, 0) is 0 Å². The van der Waals surface area contributed by atoms with Gasteiger partial charge in [-0.25, -0.2) is 8.78 Å². The molecule has 0 radical (unpaired) electrons. The van der Waals surface area contributed by atoms with Crippen LogP contribution < -0.4 is 10.6 Å². The molecule has 0 aliphatic rings. The predicted molar refractivity (Wildman–Crippen MR) is 69.1 cm³/mol. The summed E-state index contributed by atoms with van der Waals surface area (Å²) in [5, 5.41) is 10.9. The molecule has 0 aliphatic carbocycles. The highest BCUT2D eigenvalue weighted by Crippen LogP contribution is 2.33. The molecule has 7 heteroatoms. The number of hydrogen-bond donors (Lipinski definition) is 1. The van der Waals surface area contributed by atoms with Crippen LogP contribution in [0.25, 0.3) is 0 Å². The van der Waals surface area contributed by atoms with Crippen LogP contribution in [0.5, 0.6) is 0 Å². The summed E-state index contributed by atoms with van der Waals surface area (Å²) in [7, 11) is 1.47. The Morgan fingerprint density at radius 2 is 2.00 bits per heavy atom. The van der Waals surface area contributed by atoms with Crippen molar-refractivity contribution < 1.29 is 13.7 Å². The Morgan fingerprint density at radius 1 is 1.42 bits per heavy atom. The summed E-state index contributed by atoms with van der Waals surface area (Å²) in [5.41, 5.74) is 4.38. The molecule has 0 bridgehead atoms. The Morgan fingerprint density at radius 3 is 2.47 bits per heavy atom. The Kier molecular flexibility index (Phi) is 4.41. The van der Waals surface area contributed by atoms with E-state index >= 15 is 0 Å². The molecule has 2 N–H and O–H groups in total. The molecule has 19 heavy (non-hydrogen) atoms. The van der Waals surface area contributed by atoms with E-state index in [0.717, 1.165) is 12.1 Å². The van der Waals surface area contributed by atoms with E-state index in [9.17, 15) is 18.9 Å². The van der Waals surface area contributed by atoms with E-state index in [1.807, 2.05) is 13.8 Å². The first kappa shape index (κ1) is 15.3. The molecule has 1 aromatic carbocycles. The maximum absolute atomic E-state index is 13.8. The highest BCUT2D eigenvalue weighted by Gasteiger charge is 2.28. The minimum absolute atomic E-state index is 0.269. The first-order chi connectivity index (χ1) is 8.69. The fraction of sp³-hybridized carbons (Fsp3) is 0.500. The molecule has 0 unspecified atom stereocenters. The lowest BCUT2D eigenvalue weighted by molar-refractivity contribution is -0.384. The van der Waals surface area contributed by atoms with Gasteiger partial charge in [-0.3, -0.25) is 10.1 Å². The molecular weight excluding hydrogens is 256 g/mol. The van der Waals surface area contributed by atoms with E-state index in [0.29, 0.717) is 6.54 Å². The van der Waals surface area contributed by atoms with E-state index in [1.165, 1.54) is 11.9 Å². The Balaban J connectivity index is 3.24. The minimum atomic E-state index is -1.22. The SMILES string of the molecule is CN(CC(C)(C)CN)c1c([N+](=O)[O-])ccc(F)c1F. The Labute approximate surface area is 110 Å². The van der Waals surface area contributed by atoms with Crippen LogP contribution in [0.2, 0.25) is 0 Å². The fourth-order valence-electron chi connectivity index (χ4n) is 1.83. The van der Waals surface area contributed by atoms with Crippen molar-refractivity contribution >= 4 is 11.4 Å². The van der Waals surface area contributed by atoms with Crippen molar-refractivity contribution in [1.29, 1.82) is 0 Å². The zero-order chi connectivity index (χ0) is 14.8. The van der Waals surface area contributed by atoms with Crippen LogP contribution in [0.15, 0.2) is 12.1 Å². The third-order valence-electron chi connectivity index (χ3n) is 2.84. The standard InChI is InChI=1S/C12H17F2N3O2/c1-12(2,6-15)7-16(3)11-9(17(18)19)5-4-8(13)10(11)14/h4-5H,6-7,15H2,1-3H3. The number of halogens is 2. The summed E-state index contributed by atoms with van der Waals surface area (Å²) in [6.45, 7) is 4.27. The zero-order valence-electron chi connectivity index (χ0n) is 11.1. The molecule has 0 heterocycles. The average Bonchev–Trinajstić information content (AvgIpc) is 2.31. The largest absolute Gasteiger partial charge is 0.366 e. The normalized spacial score (nSPS) is 11.5. The number of nitrogens with zero attached hydrogens (tertiary/aromatic N) is 2. The van der Waals surface area contributed by atoms with Gasteiger partial charge in [0.15, 0.2) is 17.3 Å². The van der Waals surface area contributed by atoms with Crippen molar-refractivity contribution in [2.24, 2.45) is 11.1 Å². The summed E-state index contributed by atoms with van der Waals surface area (Å²) in [6, 6.07) is 1.71. The lowest BCUT2D eigenvalue weighted by Gasteiger charge is -2.30. The lowest BCUT2D eigenvalue weighted by Crippen LogP contribution is -2.37. The van der Waals surface area contributed by atoms with E-state index in [1.54, 1.807) is 0 Å². The second-order valence-electron chi connectivity index (χ2n) is 5.21. The molecule has 0 aliphatic heterocycles. The maximum Gasteiger partial charge on any atom is 0.295 e. The molecular formula is C12H17F2N3O2. The highest BCUT2D eigenvalue weighted by atomic mass is 19.2. The van der Waals surface area contributed by atoms with Crippen molar-refractivity contribution in [1.82, 2.24) is 0 Å². The summed E-state index contributed by atoms with van der Waals surface area (Å²) in [4.78, 5) is 11.5. The van der Waals surface area contributed by atoms with Crippen molar-refractivity contribution in [2.75, 3.05) is 25.0 Å². The minimum Gasteiger partial charge on any atom is -0.366 e. The van der Waals surface area contributed by atoms with Gasteiger partial charge in [-0.05, 0) is 18.0 Å². The van der Waals surface area contributed by atoms with Crippen LogP contribution in [0, 0.1) is 27.2 Å². The molecule has 0 spiro atoms.